The van der Waals surface area contributed by atoms with Gasteiger partial charge in [0.05, 0.1) is 35.7 Å². The average Bonchev–Trinajstić information content (AvgIpc) is 3.14. The number of rotatable bonds is 5. The Labute approximate surface area is 146 Å². The van der Waals surface area contributed by atoms with Gasteiger partial charge in [-0.05, 0) is 6.92 Å². The first-order valence-electron chi connectivity index (χ1n) is 8.30. The maximum absolute atomic E-state index is 12.8. The third kappa shape index (κ3) is 3.69. The minimum Gasteiger partial charge on any atom is -0.481 e. The third-order valence-electron chi connectivity index (χ3n) is 4.87. The minimum absolute atomic E-state index is 0.0325. The summed E-state index contributed by atoms with van der Waals surface area (Å²) in [6.45, 7) is 3.71. The van der Waals surface area contributed by atoms with Crippen LogP contribution in [0.4, 0.5) is 0 Å². The van der Waals surface area contributed by atoms with Crippen molar-refractivity contribution in [1.82, 2.24) is 19.6 Å². The lowest BCUT2D eigenvalue weighted by molar-refractivity contribution is -0.137. The van der Waals surface area contributed by atoms with E-state index >= 15 is 0 Å². The lowest BCUT2D eigenvalue weighted by Gasteiger charge is -2.43. The smallest absolute Gasteiger partial charge is 0.304 e. The molecular weight excluding hydrogens is 348 g/mol. The van der Waals surface area contributed by atoms with E-state index in [-0.39, 0.29) is 29.9 Å². The maximum Gasteiger partial charge on any atom is 0.304 e. The van der Waals surface area contributed by atoms with E-state index < -0.39 is 21.8 Å². The predicted molar refractivity (Wildman–Crippen MR) is 89.0 cm³/mol. The first-order valence-corrected chi connectivity index (χ1v) is 10.1. The summed E-state index contributed by atoms with van der Waals surface area (Å²) in [5.74, 6) is -1.24. The van der Waals surface area contributed by atoms with Crippen LogP contribution in [0.25, 0.3) is 0 Å². The molecule has 0 aromatic carbocycles. The quantitative estimate of drug-likeness (QED) is 0.729. The van der Waals surface area contributed by atoms with Crippen LogP contribution in [0.1, 0.15) is 23.7 Å². The zero-order valence-electron chi connectivity index (χ0n) is 14.0. The van der Waals surface area contributed by atoms with Gasteiger partial charge in [-0.1, -0.05) is 0 Å². The molecule has 138 valence electrons. The Bertz CT molecular complexity index is 775. The molecule has 0 saturated carbocycles. The van der Waals surface area contributed by atoms with Crippen LogP contribution in [0, 0.1) is 0 Å². The summed E-state index contributed by atoms with van der Waals surface area (Å²) in [6, 6.07) is -0.784. The molecule has 1 amide bonds. The molecule has 1 N–H and O–H groups in total. The SMILES string of the molecule is CCn1cc(C(=O)N2CCN(CCC(=O)O)[C@@H]3CS(=O)(=O)C[C@@H]32)cn1. The second-order valence-electron chi connectivity index (χ2n) is 6.47. The number of carboxylic acid groups (broad SMARTS) is 1. The second kappa shape index (κ2) is 6.75. The van der Waals surface area contributed by atoms with Gasteiger partial charge in [0.15, 0.2) is 9.84 Å². The van der Waals surface area contributed by atoms with E-state index in [1.165, 1.54) is 6.20 Å². The number of carboxylic acids is 1. The molecule has 2 aliphatic heterocycles. The van der Waals surface area contributed by atoms with E-state index in [1.54, 1.807) is 15.8 Å². The van der Waals surface area contributed by atoms with Crippen LogP contribution in [0.3, 0.4) is 0 Å². The van der Waals surface area contributed by atoms with E-state index in [9.17, 15) is 18.0 Å². The van der Waals surface area contributed by atoms with Crippen LogP contribution >= 0.6 is 0 Å². The number of aryl methyl sites for hydroxylation is 1. The van der Waals surface area contributed by atoms with Gasteiger partial charge in [-0.3, -0.25) is 19.2 Å². The molecule has 25 heavy (non-hydrogen) atoms. The standard InChI is InChI=1S/C15H22N4O5S/c1-2-18-8-11(7-16-18)15(22)19-6-5-17(4-3-14(20)21)12-9-25(23,24)10-13(12)19/h7-8,12-13H,2-6,9-10H2,1H3,(H,20,21)/t12-,13+/m1/s1. The van der Waals surface area contributed by atoms with Crippen molar-refractivity contribution in [3.05, 3.63) is 18.0 Å². The van der Waals surface area contributed by atoms with Gasteiger partial charge in [-0.25, -0.2) is 8.42 Å². The number of nitrogens with zero attached hydrogens (tertiary/aromatic N) is 4. The molecule has 0 aliphatic carbocycles. The normalized spacial score (nSPS) is 25.7. The van der Waals surface area contributed by atoms with Gasteiger partial charge in [0.25, 0.3) is 5.91 Å². The molecule has 0 radical (unpaired) electrons. The number of aromatic nitrogens is 2. The zero-order chi connectivity index (χ0) is 18.2. The van der Waals surface area contributed by atoms with E-state index in [4.69, 9.17) is 5.11 Å². The van der Waals surface area contributed by atoms with E-state index in [2.05, 4.69) is 5.10 Å². The molecule has 0 bridgehead atoms. The Morgan fingerprint density at radius 3 is 2.64 bits per heavy atom. The number of carbonyl (C=O) groups excluding carboxylic acids is 1. The van der Waals surface area contributed by atoms with Crippen LogP contribution in [-0.4, -0.2) is 88.2 Å². The number of aliphatic carboxylic acids is 1. The number of amides is 1. The highest BCUT2D eigenvalue weighted by molar-refractivity contribution is 7.91. The van der Waals surface area contributed by atoms with Gasteiger partial charge in [-0.15, -0.1) is 0 Å². The Kier molecular flexibility index (Phi) is 4.83. The fraction of sp³-hybridized carbons (Fsp3) is 0.667. The second-order valence-corrected chi connectivity index (χ2v) is 8.63. The summed E-state index contributed by atoms with van der Waals surface area (Å²) in [5, 5.41) is 13.0. The van der Waals surface area contributed by atoms with E-state index in [0.29, 0.717) is 31.7 Å². The van der Waals surface area contributed by atoms with Crippen molar-refractivity contribution in [3.63, 3.8) is 0 Å². The minimum atomic E-state index is -3.25. The van der Waals surface area contributed by atoms with Gasteiger partial charge in [0.1, 0.15) is 0 Å². The summed E-state index contributed by atoms with van der Waals surface area (Å²) >= 11 is 0. The molecule has 2 fully saturated rings. The molecule has 9 nitrogen and oxygen atoms in total. The lowest BCUT2D eigenvalue weighted by atomic mass is 10.0. The summed E-state index contributed by atoms with van der Waals surface area (Å²) in [4.78, 5) is 27.2. The van der Waals surface area contributed by atoms with Crippen molar-refractivity contribution in [2.24, 2.45) is 0 Å². The van der Waals surface area contributed by atoms with Gasteiger partial charge >= 0.3 is 5.97 Å². The number of hydrogen-bond acceptors (Lipinski definition) is 6. The van der Waals surface area contributed by atoms with Crippen LogP contribution in [0.5, 0.6) is 0 Å². The Morgan fingerprint density at radius 2 is 2.00 bits per heavy atom. The predicted octanol–water partition coefficient (Wildman–Crippen LogP) is -0.699. The molecule has 3 rings (SSSR count). The van der Waals surface area contributed by atoms with Crippen LogP contribution in [-0.2, 0) is 21.2 Å². The summed E-state index contributed by atoms with van der Waals surface area (Å²) < 4.78 is 25.9. The molecule has 1 aromatic rings. The molecule has 2 saturated heterocycles. The van der Waals surface area contributed by atoms with Crippen LogP contribution in [0.2, 0.25) is 0 Å². The Hall–Kier alpha value is -1.94. The molecule has 2 atom stereocenters. The first kappa shape index (κ1) is 17.9. The maximum atomic E-state index is 12.8. The fourth-order valence-electron chi connectivity index (χ4n) is 3.61. The van der Waals surface area contributed by atoms with Crippen molar-refractivity contribution in [2.75, 3.05) is 31.1 Å². The van der Waals surface area contributed by atoms with Crippen molar-refractivity contribution in [1.29, 1.82) is 0 Å². The van der Waals surface area contributed by atoms with Crippen molar-refractivity contribution in [3.8, 4) is 0 Å². The summed E-state index contributed by atoms with van der Waals surface area (Å²) in [6.07, 6.45) is 3.12. The topological polar surface area (TPSA) is 113 Å². The molecule has 10 heteroatoms. The van der Waals surface area contributed by atoms with Gasteiger partial charge in [0.2, 0.25) is 0 Å². The zero-order valence-corrected chi connectivity index (χ0v) is 14.9. The molecule has 1 aromatic heterocycles. The molecular formula is C15H22N4O5S. The average molecular weight is 370 g/mol. The lowest BCUT2D eigenvalue weighted by Crippen LogP contribution is -2.60. The molecule has 2 aliphatic rings. The summed E-state index contributed by atoms with van der Waals surface area (Å²) in [5.41, 5.74) is 0.448. The van der Waals surface area contributed by atoms with Crippen LogP contribution in [0.15, 0.2) is 12.4 Å². The monoisotopic (exact) mass is 370 g/mol. The highest BCUT2D eigenvalue weighted by Crippen LogP contribution is 2.28. The Balaban J connectivity index is 1.80. The fourth-order valence-corrected chi connectivity index (χ4v) is 5.62. The Morgan fingerprint density at radius 1 is 1.28 bits per heavy atom. The van der Waals surface area contributed by atoms with Gasteiger partial charge in [0, 0.05) is 38.4 Å². The number of hydrogen-bond donors (Lipinski definition) is 1. The van der Waals surface area contributed by atoms with Crippen molar-refractivity contribution < 1.29 is 23.1 Å². The van der Waals surface area contributed by atoms with E-state index in [1.807, 2.05) is 11.8 Å². The van der Waals surface area contributed by atoms with Crippen molar-refractivity contribution >= 4 is 21.7 Å². The molecule has 0 unspecified atom stereocenters. The van der Waals surface area contributed by atoms with Crippen molar-refractivity contribution in [2.45, 2.75) is 32.0 Å². The number of sulfone groups is 1. The molecule has 0 spiro atoms. The van der Waals surface area contributed by atoms with Gasteiger partial charge < -0.3 is 10.0 Å². The number of carbonyl (C=O) groups is 2. The summed E-state index contributed by atoms with van der Waals surface area (Å²) in [7, 11) is -3.25. The van der Waals surface area contributed by atoms with E-state index in [0.717, 1.165) is 0 Å². The first-order chi connectivity index (χ1) is 11.8. The van der Waals surface area contributed by atoms with Crippen LogP contribution < -0.4 is 0 Å². The highest BCUT2D eigenvalue weighted by atomic mass is 32.2. The number of fused-ring (bicyclic) bond motifs is 1. The number of piperazine rings is 1. The third-order valence-corrected chi connectivity index (χ3v) is 6.57. The van der Waals surface area contributed by atoms with Gasteiger partial charge in [-0.2, -0.15) is 5.10 Å². The highest BCUT2D eigenvalue weighted by Gasteiger charge is 2.48. The molecule has 3 heterocycles. The largest absolute Gasteiger partial charge is 0.481 e.